The van der Waals surface area contributed by atoms with Gasteiger partial charge in [0, 0.05) is 23.9 Å². The highest BCUT2D eigenvalue weighted by Crippen LogP contribution is 2.25. The Morgan fingerprint density at radius 1 is 1.25 bits per heavy atom. The molecule has 0 aliphatic carbocycles. The summed E-state index contributed by atoms with van der Waals surface area (Å²) in [7, 11) is 0. The number of nitro groups is 1. The first kappa shape index (κ1) is 14.0. The molecule has 0 heterocycles. The van der Waals surface area contributed by atoms with Crippen LogP contribution < -0.4 is 5.32 Å². The van der Waals surface area contributed by atoms with Gasteiger partial charge in [-0.1, -0.05) is 12.1 Å². The molecule has 4 nitrogen and oxygen atoms in total. The third-order valence-electron chi connectivity index (χ3n) is 3.28. The maximum Gasteiger partial charge on any atom is 0.274 e. The van der Waals surface area contributed by atoms with Crippen LogP contribution in [0, 0.1) is 29.8 Å². The van der Waals surface area contributed by atoms with Crippen molar-refractivity contribution >= 4 is 11.4 Å². The summed E-state index contributed by atoms with van der Waals surface area (Å²) in [5.41, 5.74) is 3.20. The van der Waals surface area contributed by atoms with Gasteiger partial charge in [-0.2, -0.15) is 0 Å². The summed E-state index contributed by atoms with van der Waals surface area (Å²) in [5, 5.41) is 14.0. The standard InChI is InChI=1S/C15H15FN2O2/c1-10-8-13(16)7-6-12(10)9-17-14-4-3-5-15(11(14)2)18(19)20/h3-8,17H,9H2,1-2H3. The first-order valence-corrected chi connectivity index (χ1v) is 6.22. The predicted octanol–water partition coefficient (Wildman–Crippen LogP) is 3.96. The average molecular weight is 274 g/mol. The van der Waals surface area contributed by atoms with Crippen molar-refractivity contribution in [3.8, 4) is 0 Å². The van der Waals surface area contributed by atoms with Gasteiger partial charge in [-0.25, -0.2) is 4.39 Å². The van der Waals surface area contributed by atoms with Crippen LogP contribution in [-0.2, 0) is 6.54 Å². The van der Waals surface area contributed by atoms with Crippen LogP contribution in [0.5, 0.6) is 0 Å². The van der Waals surface area contributed by atoms with Gasteiger partial charge >= 0.3 is 0 Å². The van der Waals surface area contributed by atoms with Crippen LogP contribution in [0.25, 0.3) is 0 Å². The topological polar surface area (TPSA) is 55.2 Å². The van der Waals surface area contributed by atoms with Gasteiger partial charge in [0.1, 0.15) is 5.82 Å². The van der Waals surface area contributed by atoms with Crippen molar-refractivity contribution in [3.05, 3.63) is 69.0 Å². The zero-order valence-electron chi connectivity index (χ0n) is 11.3. The Morgan fingerprint density at radius 3 is 2.65 bits per heavy atom. The molecule has 0 amide bonds. The van der Waals surface area contributed by atoms with E-state index in [0.717, 1.165) is 11.1 Å². The molecule has 2 rings (SSSR count). The number of halogens is 1. The van der Waals surface area contributed by atoms with Gasteiger partial charge in [0.2, 0.25) is 0 Å². The molecule has 20 heavy (non-hydrogen) atoms. The number of nitrogens with one attached hydrogen (secondary N) is 1. The third kappa shape index (κ3) is 2.93. The molecule has 0 aliphatic rings. The Labute approximate surface area is 116 Å². The minimum absolute atomic E-state index is 0.0887. The van der Waals surface area contributed by atoms with Gasteiger partial charge in [0.15, 0.2) is 0 Å². The zero-order valence-corrected chi connectivity index (χ0v) is 11.3. The SMILES string of the molecule is Cc1cc(F)ccc1CNc1cccc([N+](=O)[O-])c1C. The van der Waals surface area contributed by atoms with Crippen molar-refractivity contribution in [2.24, 2.45) is 0 Å². The molecule has 104 valence electrons. The second-order valence-electron chi connectivity index (χ2n) is 4.63. The van der Waals surface area contributed by atoms with E-state index in [1.807, 2.05) is 6.92 Å². The largest absolute Gasteiger partial charge is 0.381 e. The van der Waals surface area contributed by atoms with E-state index in [9.17, 15) is 14.5 Å². The number of aryl methyl sites for hydroxylation is 1. The molecule has 0 fully saturated rings. The summed E-state index contributed by atoms with van der Waals surface area (Å²) in [6.07, 6.45) is 0. The lowest BCUT2D eigenvalue weighted by Gasteiger charge is -2.11. The molecule has 0 bridgehead atoms. The number of nitro benzene ring substituents is 1. The fourth-order valence-electron chi connectivity index (χ4n) is 2.06. The monoisotopic (exact) mass is 274 g/mol. The van der Waals surface area contributed by atoms with Gasteiger partial charge in [-0.15, -0.1) is 0 Å². The average Bonchev–Trinajstić information content (AvgIpc) is 2.39. The first-order valence-electron chi connectivity index (χ1n) is 6.22. The van der Waals surface area contributed by atoms with Crippen LogP contribution in [0.1, 0.15) is 16.7 Å². The molecule has 2 aromatic rings. The summed E-state index contributed by atoms with van der Waals surface area (Å²) >= 11 is 0. The minimum Gasteiger partial charge on any atom is -0.381 e. The molecular weight excluding hydrogens is 259 g/mol. The molecule has 0 saturated carbocycles. The van der Waals surface area contributed by atoms with Gasteiger partial charge in [-0.3, -0.25) is 10.1 Å². The molecule has 2 aromatic carbocycles. The summed E-state index contributed by atoms with van der Waals surface area (Å²) < 4.78 is 13.0. The number of hydrogen-bond donors (Lipinski definition) is 1. The van der Waals surface area contributed by atoms with Crippen LogP contribution >= 0.6 is 0 Å². The van der Waals surface area contributed by atoms with Crippen molar-refractivity contribution in [2.75, 3.05) is 5.32 Å². The van der Waals surface area contributed by atoms with Crippen LogP contribution in [0.4, 0.5) is 15.8 Å². The lowest BCUT2D eigenvalue weighted by atomic mass is 10.1. The number of rotatable bonds is 4. The van der Waals surface area contributed by atoms with E-state index in [2.05, 4.69) is 5.32 Å². The Balaban J connectivity index is 2.19. The highest BCUT2D eigenvalue weighted by atomic mass is 19.1. The predicted molar refractivity (Wildman–Crippen MR) is 76.3 cm³/mol. The molecule has 5 heteroatoms. The summed E-state index contributed by atoms with van der Waals surface area (Å²) in [6, 6.07) is 9.50. The van der Waals surface area contributed by atoms with Crippen LogP contribution in [-0.4, -0.2) is 4.92 Å². The van der Waals surface area contributed by atoms with Gasteiger partial charge in [-0.05, 0) is 43.2 Å². The van der Waals surface area contributed by atoms with E-state index < -0.39 is 4.92 Å². The Hall–Kier alpha value is -2.43. The quantitative estimate of drug-likeness (QED) is 0.678. The van der Waals surface area contributed by atoms with Crippen molar-refractivity contribution in [1.29, 1.82) is 0 Å². The van der Waals surface area contributed by atoms with E-state index in [1.165, 1.54) is 18.2 Å². The second-order valence-corrected chi connectivity index (χ2v) is 4.63. The zero-order chi connectivity index (χ0) is 14.7. The number of benzene rings is 2. The smallest absolute Gasteiger partial charge is 0.274 e. The molecular formula is C15H15FN2O2. The maximum atomic E-state index is 13.0. The molecule has 1 N–H and O–H groups in total. The molecule has 0 aromatic heterocycles. The number of hydrogen-bond acceptors (Lipinski definition) is 3. The van der Waals surface area contributed by atoms with Crippen molar-refractivity contribution in [2.45, 2.75) is 20.4 Å². The highest BCUT2D eigenvalue weighted by Gasteiger charge is 2.13. The fraction of sp³-hybridized carbons (Fsp3) is 0.200. The Morgan fingerprint density at radius 2 is 2.00 bits per heavy atom. The van der Waals surface area contributed by atoms with Crippen LogP contribution in [0.3, 0.4) is 0 Å². The highest BCUT2D eigenvalue weighted by molar-refractivity contribution is 5.59. The number of anilines is 1. The third-order valence-corrected chi connectivity index (χ3v) is 3.28. The maximum absolute atomic E-state index is 13.0. The van der Waals surface area contributed by atoms with Gasteiger partial charge in [0.05, 0.1) is 4.92 Å². The molecule has 0 saturated heterocycles. The Kier molecular flexibility index (Phi) is 3.98. The molecule has 0 aliphatic heterocycles. The molecule has 0 atom stereocenters. The van der Waals surface area contributed by atoms with E-state index in [0.29, 0.717) is 17.8 Å². The van der Waals surface area contributed by atoms with E-state index in [1.54, 1.807) is 25.1 Å². The number of nitrogens with zero attached hydrogens (tertiary/aromatic N) is 1. The van der Waals surface area contributed by atoms with E-state index in [-0.39, 0.29) is 11.5 Å². The second kappa shape index (κ2) is 5.69. The summed E-state index contributed by atoms with van der Waals surface area (Å²) in [6.45, 7) is 4.03. The molecule has 0 spiro atoms. The van der Waals surface area contributed by atoms with Gasteiger partial charge in [0.25, 0.3) is 5.69 Å². The molecule has 0 radical (unpaired) electrons. The van der Waals surface area contributed by atoms with Gasteiger partial charge < -0.3 is 5.32 Å². The fourth-order valence-corrected chi connectivity index (χ4v) is 2.06. The first-order chi connectivity index (χ1) is 9.49. The lowest BCUT2D eigenvalue weighted by Crippen LogP contribution is -2.04. The van der Waals surface area contributed by atoms with Crippen molar-refractivity contribution < 1.29 is 9.31 Å². The van der Waals surface area contributed by atoms with Crippen molar-refractivity contribution in [1.82, 2.24) is 0 Å². The normalized spacial score (nSPS) is 10.3. The van der Waals surface area contributed by atoms with Crippen LogP contribution in [0.15, 0.2) is 36.4 Å². The van der Waals surface area contributed by atoms with Crippen LogP contribution in [0.2, 0.25) is 0 Å². The minimum atomic E-state index is -0.399. The lowest BCUT2D eigenvalue weighted by molar-refractivity contribution is -0.385. The summed E-state index contributed by atoms with van der Waals surface area (Å²) in [5.74, 6) is -0.266. The van der Waals surface area contributed by atoms with E-state index in [4.69, 9.17) is 0 Å². The van der Waals surface area contributed by atoms with E-state index >= 15 is 0 Å². The van der Waals surface area contributed by atoms with Crippen molar-refractivity contribution in [3.63, 3.8) is 0 Å². The Bertz CT molecular complexity index is 656. The molecule has 0 unspecified atom stereocenters. The summed E-state index contributed by atoms with van der Waals surface area (Å²) in [4.78, 5) is 10.5.